The van der Waals surface area contributed by atoms with Gasteiger partial charge in [-0.2, -0.15) is 0 Å². The number of rotatable bonds is 2. The smallest absolute Gasteiger partial charge is 0.111 e. The van der Waals surface area contributed by atoms with E-state index in [1.54, 1.807) is 0 Å². The molecule has 4 atom stereocenters. The third-order valence-corrected chi connectivity index (χ3v) is 1.82. The molecule has 0 aromatic heterocycles. The van der Waals surface area contributed by atoms with Crippen LogP contribution in [-0.2, 0) is 4.74 Å². The molecule has 0 radical (unpaired) electrons. The Hall–Kier alpha value is -0.200. The van der Waals surface area contributed by atoms with Gasteiger partial charge in [-0.25, -0.2) is 0 Å². The van der Waals surface area contributed by atoms with Crippen LogP contribution >= 0.6 is 0 Å². The summed E-state index contributed by atoms with van der Waals surface area (Å²) >= 11 is 0. The van der Waals surface area contributed by atoms with Gasteiger partial charge in [0.25, 0.3) is 0 Å². The van der Waals surface area contributed by atoms with Crippen LogP contribution in [0.5, 0.6) is 0 Å². The first kappa shape index (κ1) is 8.89. The summed E-state index contributed by atoms with van der Waals surface area (Å²) in [5, 5.41) is 35.4. The van der Waals surface area contributed by atoms with E-state index in [9.17, 15) is 0 Å². The third kappa shape index (κ3) is 1.52. The van der Waals surface area contributed by atoms with Crippen molar-refractivity contribution >= 4 is 0 Å². The molecule has 1 saturated heterocycles. The summed E-state index contributed by atoms with van der Waals surface area (Å²) in [4.78, 5) is 0. The largest absolute Gasteiger partial charge is 0.394 e. The Morgan fingerprint density at radius 1 is 0.909 bits per heavy atom. The van der Waals surface area contributed by atoms with E-state index in [0.29, 0.717) is 0 Å². The molecular weight excluding hydrogens is 152 g/mol. The van der Waals surface area contributed by atoms with Crippen LogP contribution in [-0.4, -0.2) is 58.1 Å². The van der Waals surface area contributed by atoms with Crippen LogP contribution < -0.4 is 0 Å². The highest BCUT2D eigenvalue weighted by molar-refractivity contribution is 4.89. The Balaban J connectivity index is 2.53. The number of aliphatic hydroxyl groups excluding tert-OH is 4. The Morgan fingerprint density at radius 2 is 1.27 bits per heavy atom. The summed E-state index contributed by atoms with van der Waals surface area (Å²) in [6, 6.07) is 0. The highest BCUT2D eigenvalue weighted by Gasteiger charge is 2.41. The second-order valence-electron chi connectivity index (χ2n) is 2.56. The minimum absolute atomic E-state index is 0.352. The molecule has 1 aliphatic rings. The van der Waals surface area contributed by atoms with Crippen molar-refractivity contribution < 1.29 is 25.2 Å². The molecule has 1 aliphatic heterocycles. The molecule has 0 unspecified atom stereocenters. The van der Waals surface area contributed by atoms with Crippen molar-refractivity contribution in [1.82, 2.24) is 0 Å². The zero-order valence-electron chi connectivity index (χ0n) is 5.92. The van der Waals surface area contributed by atoms with Crippen LogP contribution in [0.2, 0.25) is 0 Å². The van der Waals surface area contributed by atoms with Crippen molar-refractivity contribution in [2.24, 2.45) is 0 Å². The third-order valence-electron chi connectivity index (χ3n) is 1.82. The number of ether oxygens (including phenoxy) is 1. The minimum atomic E-state index is -1.10. The average Bonchev–Trinajstić information content (AvgIpc) is 2.30. The summed E-state index contributed by atoms with van der Waals surface area (Å²) in [6.07, 6.45) is -3.75. The molecule has 4 N–H and O–H groups in total. The van der Waals surface area contributed by atoms with E-state index in [4.69, 9.17) is 25.2 Å². The lowest BCUT2D eigenvalue weighted by atomic mass is 10.1. The molecule has 66 valence electrons. The van der Waals surface area contributed by atoms with Gasteiger partial charge in [0.1, 0.15) is 24.4 Å². The number of hydrogen-bond acceptors (Lipinski definition) is 5. The van der Waals surface area contributed by atoms with Crippen molar-refractivity contribution in [2.75, 3.05) is 13.2 Å². The van der Waals surface area contributed by atoms with Crippen LogP contribution in [0.1, 0.15) is 0 Å². The highest BCUT2D eigenvalue weighted by Crippen LogP contribution is 2.20. The summed E-state index contributed by atoms with van der Waals surface area (Å²) < 4.78 is 4.88. The van der Waals surface area contributed by atoms with E-state index in [-0.39, 0.29) is 13.2 Å². The van der Waals surface area contributed by atoms with E-state index in [2.05, 4.69) is 0 Å². The van der Waals surface area contributed by atoms with Gasteiger partial charge >= 0.3 is 0 Å². The van der Waals surface area contributed by atoms with Gasteiger partial charge < -0.3 is 25.2 Å². The van der Waals surface area contributed by atoms with Crippen LogP contribution in [0.15, 0.2) is 0 Å². The van der Waals surface area contributed by atoms with Crippen molar-refractivity contribution in [3.8, 4) is 0 Å². The number of hydrogen-bond donors (Lipinski definition) is 4. The van der Waals surface area contributed by atoms with Gasteiger partial charge in [0.15, 0.2) is 0 Å². The zero-order valence-corrected chi connectivity index (χ0v) is 5.92. The van der Waals surface area contributed by atoms with E-state index in [0.717, 1.165) is 0 Å². The van der Waals surface area contributed by atoms with Crippen LogP contribution in [0, 0.1) is 0 Å². The molecular formula is C6H12O5. The molecule has 0 aliphatic carbocycles. The molecule has 0 aromatic rings. The first-order valence-corrected chi connectivity index (χ1v) is 3.44. The molecule has 1 fully saturated rings. The Morgan fingerprint density at radius 3 is 1.45 bits per heavy atom. The predicted molar refractivity (Wildman–Crippen MR) is 34.8 cm³/mol. The SMILES string of the molecule is OC[C@H]1O[C@H](CO)[C@@H](O)[C@H]1O. The van der Waals surface area contributed by atoms with Gasteiger partial charge in [0.05, 0.1) is 13.2 Å². The maximum absolute atomic E-state index is 9.11. The van der Waals surface area contributed by atoms with Gasteiger partial charge in [-0.1, -0.05) is 0 Å². The molecule has 1 rings (SSSR count). The molecule has 5 nitrogen and oxygen atoms in total. The fourth-order valence-electron chi connectivity index (χ4n) is 1.13. The monoisotopic (exact) mass is 164 g/mol. The fraction of sp³-hybridized carbons (Fsp3) is 1.00. The van der Waals surface area contributed by atoms with Crippen LogP contribution in [0.4, 0.5) is 0 Å². The van der Waals surface area contributed by atoms with Gasteiger partial charge in [-0.05, 0) is 0 Å². The average molecular weight is 164 g/mol. The summed E-state index contributed by atoms with van der Waals surface area (Å²) in [5.41, 5.74) is 0. The second kappa shape index (κ2) is 3.46. The van der Waals surface area contributed by atoms with E-state index >= 15 is 0 Å². The Kier molecular flexibility index (Phi) is 2.80. The fourth-order valence-corrected chi connectivity index (χ4v) is 1.13. The van der Waals surface area contributed by atoms with E-state index in [1.165, 1.54) is 0 Å². The molecule has 0 amide bonds. The standard InChI is InChI=1S/C6H12O5/c7-1-3-5(9)6(10)4(2-8)11-3/h3-10H,1-2H2/t3-,4-,5-,6+/m1/s1. The lowest BCUT2D eigenvalue weighted by molar-refractivity contribution is -0.0395. The first-order valence-electron chi connectivity index (χ1n) is 3.44. The lowest BCUT2D eigenvalue weighted by Gasteiger charge is -2.10. The quantitative estimate of drug-likeness (QED) is 0.361. The number of aliphatic hydroxyl groups is 4. The Bertz CT molecular complexity index is 110. The summed E-state index contributed by atoms with van der Waals surface area (Å²) in [5.74, 6) is 0. The molecule has 0 saturated carbocycles. The molecule has 0 spiro atoms. The second-order valence-corrected chi connectivity index (χ2v) is 2.56. The van der Waals surface area contributed by atoms with Gasteiger partial charge in [0.2, 0.25) is 0 Å². The molecule has 11 heavy (non-hydrogen) atoms. The molecule has 0 aromatic carbocycles. The minimum Gasteiger partial charge on any atom is -0.394 e. The van der Waals surface area contributed by atoms with Crippen molar-refractivity contribution in [3.05, 3.63) is 0 Å². The molecule has 0 bridgehead atoms. The van der Waals surface area contributed by atoms with Gasteiger partial charge in [-0.3, -0.25) is 0 Å². The van der Waals surface area contributed by atoms with E-state index < -0.39 is 24.4 Å². The van der Waals surface area contributed by atoms with Crippen molar-refractivity contribution in [1.29, 1.82) is 0 Å². The molecule has 5 heteroatoms. The maximum Gasteiger partial charge on any atom is 0.111 e. The lowest BCUT2D eigenvalue weighted by Crippen LogP contribution is -2.34. The van der Waals surface area contributed by atoms with Gasteiger partial charge in [-0.15, -0.1) is 0 Å². The molecule has 1 heterocycles. The Labute approximate surface area is 63.8 Å². The van der Waals surface area contributed by atoms with Gasteiger partial charge in [0, 0.05) is 0 Å². The first-order chi connectivity index (χ1) is 5.20. The zero-order chi connectivity index (χ0) is 8.43. The topological polar surface area (TPSA) is 90.2 Å². The normalized spacial score (nSPS) is 44.7. The van der Waals surface area contributed by atoms with Crippen LogP contribution in [0.3, 0.4) is 0 Å². The summed E-state index contributed by atoms with van der Waals surface area (Å²) in [7, 11) is 0. The summed E-state index contributed by atoms with van der Waals surface area (Å²) in [6.45, 7) is -0.705. The van der Waals surface area contributed by atoms with Crippen molar-refractivity contribution in [2.45, 2.75) is 24.4 Å². The predicted octanol–water partition coefficient (Wildman–Crippen LogP) is -2.54. The van der Waals surface area contributed by atoms with Crippen molar-refractivity contribution in [3.63, 3.8) is 0 Å². The maximum atomic E-state index is 9.11. The van der Waals surface area contributed by atoms with E-state index in [1.807, 2.05) is 0 Å². The highest BCUT2D eigenvalue weighted by atomic mass is 16.6. The van der Waals surface area contributed by atoms with Crippen LogP contribution in [0.25, 0.3) is 0 Å².